The molecule has 0 aromatic carbocycles. The second kappa shape index (κ2) is 42.6. The van der Waals surface area contributed by atoms with Crippen LogP contribution >= 0.6 is 0 Å². The van der Waals surface area contributed by atoms with Crippen molar-refractivity contribution in [3.8, 4) is 0 Å². The van der Waals surface area contributed by atoms with Crippen molar-refractivity contribution in [3.63, 3.8) is 0 Å². The van der Waals surface area contributed by atoms with Crippen molar-refractivity contribution in [2.75, 3.05) is 0 Å². The number of carboxylic acid groups (broad SMARTS) is 6. The number of rotatable bonds is 8. The van der Waals surface area contributed by atoms with Crippen molar-refractivity contribution >= 4 is 35.8 Å². The maximum atomic E-state index is 9.86. The van der Waals surface area contributed by atoms with Crippen LogP contribution in [0.5, 0.6) is 0 Å². The van der Waals surface area contributed by atoms with E-state index in [1.807, 2.05) is 0 Å². The van der Waals surface area contributed by atoms with Gasteiger partial charge in [0.1, 0.15) is 0 Å². The number of carbonyl (C=O) groups excluding carboxylic acids is 6. The molecule has 0 spiro atoms. The molecule has 26 N–H and O–H groups in total. The zero-order valence-corrected chi connectivity index (χ0v) is 20.6. The number of quaternary nitrogens is 6. The molecule has 0 radical (unpaired) electrons. The lowest BCUT2D eigenvalue weighted by atomic mass is 10.2. The van der Waals surface area contributed by atoms with Gasteiger partial charge in [0.2, 0.25) is 0 Å². The molecule has 0 bridgehead atoms. The number of hydrogen-bond acceptors (Lipinski definition) is 13. The Morgan fingerprint density at radius 2 is 0.818 bits per heavy atom. The van der Waals surface area contributed by atoms with E-state index < -0.39 is 54.7 Å². The van der Waals surface area contributed by atoms with Gasteiger partial charge in [0, 0.05) is 35.9 Å². The smallest absolute Gasteiger partial charge is 0.0582 e. The van der Waals surface area contributed by atoms with Crippen LogP contribution < -0.4 is 73.3 Å². The molecule has 0 unspecified atom stereocenters. The first kappa shape index (κ1) is 63.0. The molecule has 19 nitrogen and oxygen atoms in total. The summed E-state index contributed by atoms with van der Waals surface area (Å²) in [7, 11) is 0. The van der Waals surface area contributed by atoms with Crippen molar-refractivity contribution in [1.29, 1.82) is 0 Å². The van der Waals surface area contributed by atoms with E-state index in [1.165, 1.54) is 6.92 Å². The fourth-order valence-electron chi connectivity index (χ4n) is 0.595. The van der Waals surface area contributed by atoms with Gasteiger partial charge in [-0.25, -0.2) is 0 Å². The SMILES string of the molecule is CC(=O)[O-].CCC(=O)[O-].N[C@@H](CCC(=O)[O-])C(=O)[O-].O=C([O-])CCC(=O)[O-].[NH4+].[NH4+].[NH4+].[NH4+].[NH4+].[NH4+]. The monoisotopic (exact) mass is 501 g/mol. The van der Waals surface area contributed by atoms with Crippen molar-refractivity contribution in [2.24, 2.45) is 5.73 Å². The summed E-state index contributed by atoms with van der Waals surface area (Å²) in [6, 6.07) is -1.21. The minimum atomic E-state index is -1.44. The third-order valence-corrected chi connectivity index (χ3v) is 1.78. The molecular weight excluding hydrogens is 458 g/mol. The van der Waals surface area contributed by atoms with Gasteiger partial charge in [0.15, 0.2) is 0 Å². The minimum absolute atomic E-state index is 0. The van der Waals surface area contributed by atoms with Gasteiger partial charge in [0.05, 0.1) is 5.97 Å². The van der Waals surface area contributed by atoms with Crippen LogP contribution in [-0.2, 0) is 28.8 Å². The lowest BCUT2D eigenvalue weighted by Gasteiger charge is -2.11. The normalized spacial score (nSPS) is 7.73. The summed E-state index contributed by atoms with van der Waals surface area (Å²) in [4.78, 5) is 56.8. The number of aliphatic carboxylic acids is 6. The summed E-state index contributed by atoms with van der Waals surface area (Å²) >= 11 is 0. The maximum Gasteiger partial charge on any atom is 0.0582 e. The van der Waals surface area contributed by atoms with Gasteiger partial charge < -0.3 is 102 Å². The van der Waals surface area contributed by atoms with Crippen LogP contribution in [0.4, 0.5) is 0 Å². The predicted molar refractivity (Wildman–Crippen MR) is 108 cm³/mol. The van der Waals surface area contributed by atoms with Crippen LogP contribution in [0.2, 0.25) is 0 Å². The quantitative estimate of drug-likeness (QED) is 0.163. The highest BCUT2D eigenvalue weighted by Gasteiger charge is 2.01. The fourth-order valence-corrected chi connectivity index (χ4v) is 0.595. The first-order chi connectivity index (χ1) is 12.2. The van der Waals surface area contributed by atoms with Gasteiger partial charge in [-0.15, -0.1) is 0 Å². The van der Waals surface area contributed by atoms with Crippen LogP contribution in [0.1, 0.15) is 46.0 Å². The largest absolute Gasteiger partial charge is 0.550 e. The third kappa shape index (κ3) is 128. The molecule has 1 atom stereocenters. The minimum Gasteiger partial charge on any atom is -0.550 e. The molecule has 206 valence electrons. The Bertz CT molecular complexity index is 489. The van der Waals surface area contributed by atoms with Crippen LogP contribution in [0.25, 0.3) is 0 Å². The highest BCUT2D eigenvalue weighted by molar-refractivity contribution is 5.73. The summed E-state index contributed by atoms with van der Waals surface area (Å²) in [5, 5.41) is 56.8. The van der Waals surface area contributed by atoms with Gasteiger partial charge in [0.25, 0.3) is 0 Å². The number of carbonyl (C=O) groups is 6. The van der Waals surface area contributed by atoms with Crippen molar-refractivity contribution in [2.45, 2.75) is 52.0 Å². The van der Waals surface area contributed by atoms with Crippen molar-refractivity contribution in [3.05, 3.63) is 0 Å². The third-order valence-electron chi connectivity index (χ3n) is 1.78. The van der Waals surface area contributed by atoms with Gasteiger partial charge in [-0.05, 0) is 39.0 Å². The second-order valence-corrected chi connectivity index (χ2v) is 4.30. The molecule has 0 rings (SSSR count). The molecule has 0 fully saturated rings. The number of carboxylic acids is 6. The zero-order chi connectivity index (χ0) is 22.6. The lowest BCUT2D eigenvalue weighted by Crippen LogP contribution is -2.42. The van der Waals surface area contributed by atoms with E-state index in [0.717, 1.165) is 6.92 Å². The van der Waals surface area contributed by atoms with E-state index in [1.54, 1.807) is 0 Å². The standard InChI is InChI=1S/C5H9NO4.C4H6O4.C3H6O2.C2H4O2.6H3N/c6-3(5(9)10)1-2-4(7)8;5-3(6)1-2-4(7)8;1-2-3(4)5;1-2(3)4;;;;;;/h3H,1-2,6H2,(H,7,8)(H,9,10);1-2H2,(H,5,6)(H,7,8);2H2,1H3,(H,4,5);1H3,(H,3,4);6*1H3/t3-;;;;;;;;;/m0........./s1. The molecule has 0 amide bonds. The van der Waals surface area contributed by atoms with Gasteiger partial charge in [-0.2, -0.15) is 0 Å². The molecule has 0 aromatic heterocycles. The van der Waals surface area contributed by atoms with Crippen LogP contribution in [0, 0.1) is 0 Å². The molecule has 33 heavy (non-hydrogen) atoms. The van der Waals surface area contributed by atoms with E-state index in [2.05, 4.69) is 0 Å². The molecule has 0 heterocycles. The Kier molecular flexibility index (Phi) is 81.4. The lowest BCUT2D eigenvalue weighted by molar-refractivity contribution is -0.315. The number of nitrogens with two attached hydrogens (primary N) is 1. The predicted octanol–water partition coefficient (Wildman–Crippen LogP) is -5.98. The van der Waals surface area contributed by atoms with Crippen molar-refractivity contribution in [1.82, 2.24) is 36.9 Å². The number of hydrogen-bond donors (Lipinski definition) is 7. The van der Waals surface area contributed by atoms with E-state index in [4.69, 9.17) is 15.6 Å². The fraction of sp³-hybridized carbons (Fsp3) is 0.571. The zero-order valence-electron chi connectivity index (χ0n) is 20.6. The Balaban J connectivity index is -0.0000000264. The Labute approximate surface area is 190 Å². The Morgan fingerprint density at radius 1 is 0.606 bits per heavy atom. The molecule has 0 aliphatic carbocycles. The van der Waals surface area contributed by atoms with E-state index in [0.29, 0.717) is 0 Å². The van der Waals surface area contributed by atoms with E-state index in [9.17, 15) is 49.5 Å². The first-order valence-corrected chi connectivity index (χ1v) is 7.10. The summed E-state index contributed by atoms with van der Waals surface area (Å²) in [5.74, 6) is -7.56. The Morgan fingerprint density at radius 3 is 0.939 bits per heavy atom. The topological polar surface area (TPSA) is 486 Å². The van der Waals surface area contributed by atoms with Gasteiger partial charge >= 0.3 is 0 Å². The van der Waals surface area contributed by atoms with Gasteiger partial charge in [-0.1, -0.05) is 6.92 Å². The van der Waals surface area contributed by atoms with Crippen LogP contribution in [0.15, 0.2) is 0 Å². The molecule has 0 saturated heterocycles. The second-order valence-electron chi connectivity index (χ2n) is 4.30. The average molecular weight is 502 g/mol. The Hall–Kier alpha value is -3.46. The van der Waals surface area contributed by atoms with Gasteiger partial charge in [-0.3, -0.25) is 0 Å². The summed E-state index contributed by atoms with van der Waals surface area (Å²) < 4.78 is 0. The van der Waals surface area contributed by atoms with E-state index >= 15 is 0 Å². The van der Waals surface area contributed by atoms with Crippen molar-refractivity contribution < 1.29 is 59.4 Å². The van der Waals surface area contributed by atoms with Crippen LogP contribution in [0.3, 0.4) is 0 Å². The molecule has 0 aromatic rings. The molecule has 0 saturated carbocycles. The maximum absolute atomic E-state index is 9.86. The molecule has 19 heteroatoms. The van der Waals surface area contributed by atoms with Crippen LogP contribution in [-0.4, -0.2) is 41.9 Å². The summed E-state index contributed by atoms with van der Waals surface area (Å²) in [5.41, 5.74) is 4.91. The molecule has 0 aliphatic heterocycles. The first-order valence-electron chi connectivity index (χ1n) is 7.10. The summed E-state index contributed by atoms with van der Waals surface area (Å²) in [6.07, 6.45) is -1.33. The highest BCUT2D eigenvalue weighted by atomic mass is 16.4. The summed E-state index contributed by atoms with van der Waals surface area (Å²) in [6.45, 7) is 2.51. The molecular formula is C14H43N7O12. The van der Waals surface area contributed by atoms with E-state index in [-0.39, 0.29) is 56.2 Å². The highest BCUT2D eigenvalue weighted by Crippen LogP contribution is 1.90. The average Bonchev–Trinajstić information content (AvgIpc) is 2.51. The molecule has 0 aliphatic rings.